The topological polar surface area (TPSA) is 81.9 Å². The molecule has 1 amide bonds. The zero-order valence-electron chi connectivity index (χ0n) is 18.5. The lowest BCUT2D eigenvalue weighted by Crippen LogP contribution is -2.15. The molecule has 4 rings (SSSR count). The number of pyridine rings is 1. The Morgan fingerprint density at radius 1 is 1.06 bits per heavy atom. The number of carbonyl (C=O) groups is 1. The largest absolute Gasteiger partial charge is 0.494 e. The van der Waals surface area contributed by atoms with Gasteiger partial charge in [0.1, 0.15) is 5.75 Å². The van der Waals surface area contributed by atoms with E-state index < -0.39 is 17.6 Å². The van der Waals surface area contributed by atoms with Crippen molar-refractivity contribution in [3.63, 3.8) is 0 Å². The number of amides is 1. The minimum atomic E-state index is -4.49. The van der Waals surface area contributed by atoms with E-state index in [2.05, 4.69) is 20.5 Å². The summed E-state index contributed by atoms with van der Waals surface area (Å²) in [5.74, 6) is 0.713. The maximum atomic E-state index is 12.9. The Bertz CT molecular complexity index is 1290. The molecule has 35 heavy (non-hydrogen) atoms. The SMILES string of the molecule is CCOc1ccc(-n2c(SCC(=O)Nc3cccc(C(F)(F)F)c3)nnc2-c2ccncc2)cc1. The third kappa shape index (κ3) is 5.99. The Morgan fingerprint density at radius 2 is 1.80 bits per heavy atom. The molecular formula is C24H20F3N5O2S. The Balaban J connectivity index is 1.56. The van der Waals surface area contributed by atoms with Crippen molar-refractivity contribution in [2.24, 2.45) is 0 Å². The number of alkyl halides is 3. The van der Waals surface area contributed by atoms with E-state index in [1.165, 1.54) is 12.1 Å². The van der Waals surface area contributed by atoms with Crippen LogP contribution in [-0.2, 0) is 11.0 Å². The van der Waals surface area contributed by atoms with E-state index in [0.29, 0.717) is 23.3 Å². The first-order valence-corrected chi connectivity index (χ1v) is 11.5. The van der Waals surface area contributed by atoms with Gasteiger partial charge in [-0.25, -0.2) is 0 Å². The molecule has 7 nitrogen and oxygen atoms in total. The van der Waals surface area contributed by atoms with E-state index in [1.807, 2.05) is 31.2 Å². The summed E-state index contributed by atoms with van der Waals surface area (Å²) in [6.07, 6.45) is -1.21. The van der Waals surface area contributed by atoms with Crippen molar-refractivity contribution in [1.29, 1.82) is 0 Å². The molecule has 0 unspecified atom stereocenters. The highest BCUT2D eigenvalue weighted by Crippen LogP contribution is 2.31. The summed E-state index contributed by atoms with van der Waals surface area (Å²) in [5, 5.41) is 11.5. The van der Waals surface area contributed by atoms with Gasteiger partial charge in [0.15, 0.2) is 11.0 Å². The van der Waals surface area contributed by atoms with E-state index in [-0.39, 0.29) is 11.4 Å². The van der Waals surface area contributed by atoms with Crippen molar-refractivity contribution < 1.29 is 22.7 Å². The van der Waals surface area contributed by atoms with E-state index in [9.17, 15) is 18.0 Å². The predicted octanol–water partition coefficient (Wildman–Crippen LogP) is 5.48. The molecule has 2 heterocycles. The summed E-state index contributed by atoms with van der Waals surface area (Å²) >= 11 is 1.12. The van der Waals surface area contributed by atoms with Gasteiger partial charge in [0.05, 0.1) is 17.9 Å². The molecule has 2 aromatic heterocycles. The zero-order chi connectivity index (χ0) is 24.8. The first kappa shape index (κ1) is 24.3. The van der Waals surface area contributed by atoms with Crippen LogP contribution in [0.4, 0.5) is 18.9 Å². The molecule has 0 aliphatic carbocycles. The van der Waals surface area contributed by atoms with Gasteiger partial charge in [-0.1, -0.05) is 17.8 Å². The summed E-state index contributed by atoms with van der Waals surface area (Å²) in [6, 6.07) is 15.4. The quantitative estimate of drug-likeness (QED) is 0.324. The highest BCUT2D eigenvalue weighted by atomic mass is 32.2. The van der Waals surface area contributed by atoms with Gasteiger partial charge in [-0.05, 0) is 61.5 Å². The fraction of sp³-hybridized carbons (Fsp3) is 0.167. The van der Waals surface area contributed by atoms with Gasteiger partial charge >= 0.3 is 6.18 Å². The highest BCUT2D eigenvalue weighted by molar-refractivity contribution is 7.99. The first-order valence-electron chi connectivity index (χ1n) is 10.5. The number of nitrogens with one attached hydrogen (secondary N) is 1. The van der Waals surface area contributed by atoms with Crippen LogP contribution in [0, 0.1) is 0 Å². The van der Waals surface area contributed by atoms with Crippen LogP contribution in [0.15, 0.2) is 78.2 Å². The molecule has 0 fully saturated rings. The molecule has 0 saturated heterocycles. The Morgan fingerprint density at radius 3 is 2.49 bits per heavy atom. The molecule has 0 aliphatic rings. The average molecular weight is 500 g/mol. The Labute approximate surface area is 203 Å². The molecular weight excluding hydrogens is 479 g/mol. The van der Waals surface area contributed by atoms with Gasteiger partial charge in [0, 0.05) is 29.3 Å². The molecule has 0 radical (unpaired) electrons. The van der Waals surface area contributed by atoms with Crippen LogP contribution in [0.1, 0.15) is 12.5 Å². The number of anilines is 1. The lowest BCUT2D eigenvalue weighted by Gasteiger charge is -2.12. The molecule has 11 heteroatoms. The molecule has 2 aromatic carbocycles. The van der Waals surface area contributed by atoms with Gasteiger partial charge in [-0.15, -0.1) is 10.2 Å². The summed E-state index contributed by atoms with van der Waals surface area (Å²) in [7, 11) is 0. The van der Waals surface area contributed by atoms with Gasteiger partial charge in [0.2, 0.25) is 5.91 Å². The van der Waals surface area contributed by atoms with E-state index in [0.717, 1.165) is 35.1 Å². The fourth-order valence-electron chi connectivity index (χ4n) is 3.24. The number of rotatable bonds is 8. The molecule has 1 N–H and O–H groups in total. The van der Waals surface area contributed by atoms with Crippen molar-refractivity contribution in [1.82, 2.24) is 19.7 Å². The van der Waals surface area contributed by atoms with Crippen LogP contribution < -0.4 is 10.1 Å². The average Bonchev–Trinajstić information content (AvgIpc) is 3.28. The Kier molecular flexibility index (Phi) is 7.35. The normalized spacial score (nSPS) is 11.3. The third-order valence-corrected chi connectivity index (χ3v) is 5.71. The molecule has 0 saturated carbocycles. The lowest BCUT2D eigenvalue weighted by molar-refractivity contribution is -0.137. The van der Waals surface area contributed by atoms with E-state index in [1.54, 1.807) is 29.1 Å². The van der Waals surface area contributed by atoms with Gasteiger partial charge in [-0.2, -0.15) is 13.2 Å². The molecule has 4 aromatic rings. The van der Waals surface area contributed by atoms with Crippen LogP contribution in [0.3, 0.4) is 0 Å². The minimum Gasteiger partial charge on any atom is -0.494 e. The Hall–Kier alpha value is -3.86. The second-order valence-corrected chi connectivity index (χ2v) is 8.16. The van der Waals surface area contributed by atoms with Crippen molar-refractivity contribution in [2.45, 2.75) is 18.3 Å². The van der Waals surface area contributed by atoms with E-state index >= 15 is 0 Å². The van der Waals surface area contributed by atoms with Crippen LogP contribution in [0.5, 0.6) is 5.75 Å². The molecule has 0 aliphatic heterocycles. The van der Waals surface area contributed by atoms with Crippen molar-refractivity contribution in [2.75, 3.05) is 17.7 Å². The number of thioether (sulfide) groups is 1. The van der Waals surface area contributed by atoms with Gasteiger partial charge in [0.25, 0.3) is 0 Å². The summed E-state index contributed by atoms with van der Waals surface area (Å²) < 4.78 is 46.1. The number of hydrogen-bond acceptors (Lipinski definition) is 6. The van der Waals surface area contributed by atoms with Crippen LogP contribution in [-0.4, -0.2) is 38.0 Å². The molecule has 0 bridgehead atoms. The summed E-state index contributed by atoms with van der Waals surface area (Å²) in [6.45, 7) is 2.44. The number of aromatic nitrogens is 4. The van der Waals surface area contributed by atoms with Crippen molar-refractivity contribution in [3.05, 3.63) is 78.6 Å². The zero-order valence-corrected chi connectivity index (χ0v) is 19.3. The van der Waals surface area contributed by atoms with Gasteiger partial charge in [-0.3, -0.25) is 14.3 Å². The minimum absolute atomic E-state index is 0.0656. The number of ether oxygens (including phenoxy) is 1. The number of halogens is 3. The summed E-state index contributed by atoms with van der Waals surface area (Å²) in [5.41, 5.74) is 0.767. The smallest absolute Gasteiger partial charge is 0.416 e. The third-order valence-electron chi connectivity index (χ3n) is 4.78. The number of benzene rings is 2. The fourth-order valence-corrected chi connectivity index (χ4v) is 3.99. The maximum Gasteiger partial charge on any atom is 0.416 e. The monoisotopic (exact) mass is 499 g/mol. The highest BCUT2D eigenvalue weighted by Gasteiger charge is 2.30. The second kappa shape index (κ2) is 10.6. The number of nitrogens with zero attached hydrogens (tertiary/aromatic N) is 4. The second-order valence-electron chi connectivity index (χ2n) is 7.22. The number of carbonyl (C=O) groups excluding carboxylic acids is 1. The lowest BCUT2D eigenvalue weighted by atomic mass is 10.2. The number of hydrogen-bond donors (Lipinski definition) is 1. The molecule has 0 atom stereocenters. The first-order chi connectivity index (χ1) is 16.8. The van der Waals surface area contributed by atoms with E-state index in [4.69, 9.17) is 4.74 Å². The van der Waals surface area contributed by atoms with Crippen LogP contribution >= 0.6 is 11.8 Å². The summed E-state index contributed by atoms with van der Waals surface area (Å²) in [4.78, 5) is 16.5. The standard InChI is InChI=1S/C24H20F3N5O2S/c1-2-34-20-8-6-19(7-9-20)32-22(16-10-12-28-13-11-16)30-31-23(32)35-15-21(33)29-18-5-3-4-17(14-18)24(25,26)27/h3-14H,2,15H2,1H3,(H,29,33). The molecule has 0 spiro atoms. The maximum absolute atomic E-state index is 12.9. The van der Waals surface area contributed by atoms with Crippen molar-refractivity contribution >= 4 is 23.4 Å². The van der Waals surface area contributed by atoms with Gasteiger partial charge < -0.3 is 10.1 Å². The van der Waals surface area contributed by atoms with Crippen molar-refractivity contribution in [3.8, 4) is 22.8 Å². The predicted molar refractivity (Wildman–Crippen MR) is 127 cm³/mol. The molecule has 180 valence electrons. The van der Waals surface area contributed by atoms with Crippen LogP contribution in [0.2, 0.25) is 0 Å². The van der Waals surface area contributed by atoms with Crippen LogP contribution in [0.25, 0.3) is 17.1 Å².